The Kier molecular flexibility index (Phi) is 8.21. The van der Waals surface area contributed by atoms with E-state index in [4.69, 9.17) is 0 Å². The van der Waals surface area contributed by atoms with Crippen LogP contribution in [-0.2, 0) is 0 Å². The van der Waals surface area contributed by atoms with Crippen molar-refractivity contribution in [1.82, 2.24) is 0 Å². The van der Waals surface area contributed by atoms with Crippen molar-refractivity contribution >= 4 is 128 Å². The highest BCUT2D eigenvalue weighted by Crippen LogP contribution is 2.46. The van der Waals surface area contributed by atoms with Crippen LogP contribution in [0.4, 0.5) is 0 Å². The maximum atomic E-state index is 2.43. The molecule has 0 N–H and O–H groups in total. The Labute approximate surface area is 400 Å². The summed E-state index contributed by atoms with van der Waals surface area (Å²) >= 11 is 3.80. The number of fused-ring (bicyclic) bond motifs is 18. The lowest BCUT2D eigenvalue weighted by molar-refractivity contribution is 1.63. The molecule has 0 radical (unpaired) electrons. The molecule has 0 aliphatic carbocycles. The van der Waals surface area contributed by atoms with Crippen LogP contribution in [0.1, 0.15) is 0 Å². The molecular weight excluding hydrogens is 857 g/mol. The molecule has 0 unspecified atom stereocenters. The Bertz CT molecular complexity index is 4590. The summed E-state index contributed by atoms with van der Waals surface area (Å²) in [6, 6.07) is 86.5. The average molecular weight is 895 g/mol. The maximum absolute atomic E-state index is 2.43. The van der Waals surface area contributed by atoms with Crippen molar-refractivity contribution in [3.05, 3.63) is 231 Å². The maximum Gasteiger partial charge on any atom is 0.0433 e. The lowest BCUT2D eigenvalue weighted by Gasteiger charge is -2.14. The lowest BCUT2D eigenvalue weighted by Crippen LogP contribution is -1.87. The summed E-state index contributed by atoms with van der Waals surface area (Å²) in [5.41, 5.74) is 9.99. The van der Waals surface area contributed by atoms with Crippen LogP contribution in [-0.4, -0.2) is 0 Å². The average Bonchev–Trinajstić information content (AvgIpc) is 3.99. The van der Waals surface area contributed by atoms with Crippen molar-refractivity contribution in [3.63, 3.8) is 0 Å². The second-order valence-corrected chi connectivity index (χ2v) is 20.4. The molecule has 0 aliphatic rings. The predicted octanol–water partition coefficient (Wildman–Crippen LogP) is 20.0. The zero-order valence-electron chi connectivity index (χ0n) is 36.8. The molecule has 0 saturated heterocycles. The molecule has 68 heavy (non-hydrogen) atoms. The van der Waals surface area contributed by atoms with Crippen LogP contribution in [0.25, 0.3) is 149 Å². The topological polar surface area (TPSA) is 0 Å². The van der Waals surface area contributed by atoms with E-state index in [1.165, 1.54) is 149 Å². The second-order valence-electron chi connectivity index (χ2n) is 18.3. The van der Waals surface area contributed by atoms with Gasteiger partial charge in [0.2, 0.25) is 0 Å². The van der Waals surface area contributed by atoms with Gasteiger partial charge in [-0.3, -0.25) is 0 Å². The summed E-state index contributed by atoms with van der Waals surface area (Å²) < 4.78 is 5.32. The molecule has 15 rings (SSSR count). The predicted molar refractivity (Wildman–Crippen MR) is 299 cm³/mol. The van der Waals surface area contributed by atoms with E-state index in [2.05, 4.69) is 231 Å². The van der Waals surface area contributed by atoms with Crippen LogP contribution in [0.15, 0.2) is 231 Å². The molecule has 13 aromatic carbocycles. The van der Waals surface area contributed by atoms with Crippen LogP contribution in [0, 0.1) is 0 Å². The van der Waals surface area contributed by atoms with Crippen molar-refractivity contribution in [1.29, 1.82) is 0 Å². The Hall–Kier alpha value is -8.14. The summed E-state index contributed by atoms with van der Waals surface area (Å²) in [4.78, 5) is 0. The van der Waals surface area contributed by atoms with Gasteiger partial charge < -0.3 is 0 Å². The van der Waals surface area contributed by atoms with Gasteiger partial charge in [-0.1, -0.05) is 188 Å². The molecular formula is C66H38S2. The SMILES string of the molecule is c1cc(-c2ccc3c(c2)c2ccccc2c2ccc(-c4ccc5sc6c(-c7ccc8c9ccccc9c9ccccc9c8c7)cccc6c5c4)cc23)cc(-c2cccc3c2sc2ccccc23)c1. The Balaban J connectivity index is 0.844. The summed E-state index contributed by atoms with van der Waals surface area (Å²) in [5.74, 6) is 0. The monoisotopic (exact) mass is 894 g/mol. The summed E-state index contributed by atoms with van der Waals surface area (Å²) in [5, 5.41) is 20.8. The highest BCUT2D eigenvalue weighted by atomic mass is 32.1. The zero-order valence-corrected chi connectivity index (χ0v) is 38.4. The van der Waals surface area contributed by atoms with Crippen LogP contribution in [0.5, 0.6) is 0 Å². The van der Waals surface area contributed by atoms with Crippen LogP contribution in [0.3, 0.4) is 0 Å². The first-order chi connectivity index (χ1) is 33.7. The normalized spacial score (nSPS) is 12.1. The lowest BCUT2D eigenvalue weighted by atomic mass is 9.90. The van der Waals surface area contributed by atoms with Crippen molar-refractivity contribution < 1.29 is 0 Å². The van der Waals surface area contributed by atoms with E-state index >= 15 is 0 Å². The van der Waals surface area contributed by atoms with E-state index < -0.39 is 0 Å². The van der Waals surface area contributed by atoms with Gasteiger partial charge >= 0.3 is 0 Å². The second kappa shape index (κ2) is 14.7. The van der Waals surface area contributed by atoms with E-state index in [-0.39, 0.29) is 0 Å². The fraction of sp³-hybridized carbons (Fsp3) is 0. The van der Waals surface area contributed by atoms with Crippen molar-refractivity contribution in [2.45, 2.75) is 0 Å². The minimum Gasteiger partial charge on any atom is -0.135 e. The number of rotatable bonds is 4. The first-order valence-electron chi connectivity index (χ1n) is 23.4. The molecule has 0 aliphatic heterocycles. The van der Waals surface area contributed by atoms with Crippen LogP contribution in [0.2, 0.25) is 0 Å². The molecule has 0 spiro atoms. The molecule has 0 bridgehead atoms. The molecule has 0 atom stereocenters. The third kappa shape index (κ3) is 5.66. The fourth-order valence-electron chi connectivity index (χ4n) is 11.4. The molecule has 2 aromatic heterocycles. The molecule has 2 heterocycles. The quantitative estimate of drug-likeness (QED) is 0.154. The number of thiophene rings is 2. The summed E-state index contributed by atoms with van der Waals surface area (Å²) in [6.45, 7) is 0. The minimum absolute atomic E-state index is 1.22. The molecule has 0 saturated carbocycles. The van der Waals surface area contributed by atoms with Crippen LogP contribution < -0.4 is 0 Å². The number of benzene rings is 13. The first kappa shape index (κ1) is 38.0. The number of hydrogen-bond acceptors (Lipinski definition) is 2. The van der Waals surface area contributed by atoms with Gasteiger partial charge in [0.25, 0.3) is 0 Å². The van der Waals surface area contributed by atoms with Gasteiger partial charge in [-0.25, -0.2) is 0 Å². The summed E-state index contributed by atoms with van der Waals surface area (Å²) in [6.07, 6.45) is 0. The Morgan fingerprint density at radius 2 is 0.500 bits per heavy atom. The molecule has 15 aromatic rings. The van der Waals surface area contributed by atoms with Gasteiger partial charge in [0.1, 0.15) is 0 Å². The van der Waals surface area contributed by atoms with E-state index in [9.17, 15) is 0 Å². The molecule has 0 amide bonds. The Morgan fingerprint density at radius 1 is 0.176 bits per heavy atom. The van der Waals surface area contributed by atoms with Crippen molar-refractivity contribution in [2.75, 3.05) is 0 Å². The molecule has 2 heteroatoms. The van der Waals surface area contributed by atoms with Gasteiger partial charge in [0.05, 0.1) is 0 Å². The zero-order chi connectivity index (χ0) is 44.5. The highest BCUT2D eigenvalue weighted by Gasteiger charge is 2.17. The van der Waals surface area contributed by atoms with Gasteiger partial charge in [-0.05, 0) is 152 Å². The van der Waals surface area contributed by atoms with Gasteiger partial charge in [0, 0.05) is 40.3 Å². The van der Waals surface area contributed by atoms with Crippen LogP contribution >= 0.6 is 22.7 Å². The minimum atomic E-state index is 1.22. The third-order valence-corrected chi connectivity index (χ3v) is 17.1. The third-order valence-electron chi connectivity index (χ3n) is 14.6. The van der Waals surface area contributed by atoms with E-state index in [0.29, 0.717) is 0 Å². The molecule has 314 valence electrons. The van der Waals surface area contributed by atoms with Gasteiger partial charge in [-0.15, -0.1) is 22.7 Å². The highest BCUT2D eigenvalue weighted by molar-refractivity contribution is 7.26. The van der Waals surface area contributed by atoms with Crippen molar-refractivity contribution in [3.8, 4) is 44.5 Å². The van der Waals surface area contributed by atoms with Crippen molar-refractivity contribution in [2.24, 2.45) is 0 Å². The first-order valence-corrected chi connectivity index (χ1v) is 25.0. The van der Waals surface area contributed by atoms with Gasteiger partial charge in [0.15, 0.2) is 0 Å². The number of hydrogen-bond donors (Lipinski definition) is 0. The summed E-state index contributed by atoms with van der Waals surface area (Å²) in [7, 11) is 0. The van der Waals surface area contributed by atoms with E-state index in [0.717, 1.165) is 0 Å². The van der Waals surface area contributed by atoms with E-state index in [1.807, 2.05) is 22.7 Å². The smallest absolute Gasteiger partial charge is 0.0433 e. The fourth-order valence-corrected chi connectivity index (χ4v) is 13.9. The van der Waals surface area contributed by atoms with Gasteiger partial charge in [-0.2, -0.15) is 0 Å². The largest absolute Gasteiger partial charge is 0.135 e. The molecule has 0 nitrogen and oxygen atoms in total. The standard InChI is InChI=1S/C66H38S2/c1-2-16-49-47(14-1)48-15-3-5-18-51(48)61-38-44(28-32-54(49)61)46-22-11-24-58-62-37-42(29-33-64(62)68-66(46)58)41-26-30-53-50-17-4-6-19-52(50)59-35-40(27-31-55(59)60(53)36-41)39-12-9-13-43(34-39)45-21-10-23-57-56-20-7-8-25-63(56)67-65(45)57/h1-38H. The Morgan fingerprint density at radius 3 is 1.06 bits per heavy atom. The molecule has 0 fully saturated rings. The van der Waals surface area contributed by atoms with E-state index in [1.54, 1.807) is 0 Å².